The van der Waals surface area contributed by atoms with E-state index in [0.717, 1.165) is 92.9 Å². The second-order valence-electron chi connectivity index (χ2n) is 16.9. The largest absolute Gasteiger partial charge is 0.373 e. The molecule has 4 N–H and O–H groups in total. The maximum atomic E-state index is 14.0. The monoisotopic (exact) mass is 800 g/mol. The fraction of sp³-hybridized carbons (Fsp3) is 0.333. The van der Waals surface area contributed by atoms with E-state index in [1.165, 1.54) is 0 Å². The lowest BCUT2D eigenvalue weighted by Crippen LogP contribution is -2.45. The molecule has 2 saturated heterocycles. The standard InChI is InChI=1S/C48H52N10O2/c1-29(2)43(52-36-15-19-49-20-16-36)47(59)57-23-5-7-41(57)45-51-28-40(56-45)35-12-11-31-25-32(9-10-33(31)26-35)34-13-14-38-39(27-34)55-46(54-38)42-8-6-24-58(42)48(60)44(30(3)4)53-37-17-21-50-22-18-37/h9-22,25-30,41-44H,5-8,23-24H2,1-4H3,(H,49,52)(H,50,53)(H,51,56)(H,54,55)/t41-,42-,43?,44?/m0/s1. The zero-order valence-corrected chi connectivity index (χ0v) is 34.6. The molecule has 2 fully saturated rings. The van der Waals surface area contributed by atoms with Crippen LogP contribution in [0.5, 0.6) is 0 Å². The topological polar surface area (TPSA) is 148 Å². The molecule has 12 nitrogen and oxygen atoms in total. The predicted octanol–water partition coefficient (Wildman–Crippen LogP) is 9.16. The maximum absolute atomic E-state index is 14.0. The van der Waals surface area contributed by atoms with Crippen LogP contribution in [0, 0.1) is 11.8 Å². The van der Waals surface area contributed by atoms with Gasteiger partial charge in [-0.05, 0) is 108 Å². The molecule has 2 aliphatic rings. The number of fused-ring (bicyclic) bond motifs is 2. The van der Waals surface area contributed by atoms with Crippen LogP contribution in [0.2, 0.25) is 0 Å². The number of rotatable bonds is 12. The Bertz CT molecular complexity index is 2620. The Balaban J connectivity index is 0.901. The first-order chi connectivity index (χ1) is 29.2. The number of imidazole rings is 2. The summed E-state index contributed by atoms with van der Waals surface area (Å²) in [5.74, 6) is 2.05. The van der Waals surface area contributed by atoms with Crippen LogP contribution >= 0.6 is 0 Å². The van der Waals surface area contributed by atoms with Crippen molar-refractivity contribution in [3.63, 3.8) is 0 Å². The summed E-state index contributed by atoms with van der Waals surface area (Å²) in [6.45, 7) is 9.72. The zero-order chi connectivity index (χ0) is 41.3. The van der Waals surface area contributed by atoms with Crippen LogP contribution in [0.3, 0.4) is 0 Å². The Hall–Kier alpha value is -6.56. The molecule has 9 rings (SSSR count). The molecule has 12 heteroatoms. The Kier molecular flexibility index (Phi) is 10.8. The van der Waals surface area contributed by atoms with Gasteiger partial charge in [-0.25, -0.2) is 9.97 Å². The molecule has 0 saturated carbocycles. The number of amides is 2. The van der Waals surface area contributed by atoms with E-state index in [1.54, 1.807) is 24.8 Å². The first-order valence-corrected chi connectivity index (χ1v) is 21.2. The summed E-state index contributed by atoms with van der Waals surface area (Å²) in [7, 11) is 0. The molecule has 60 heavy (non-hydrogen) atoms. The number of aromatic nitrogens is 6. The van der Waals surface area contributed by atoms with Crippen LogP contribution in [0.25, 0.3) is 44.2 Å². The summed E-state index contributed by atoms with van der Waals surface area (Å²) in [6, 6.07) is 26.0. The van der Waals surface area contributed by atoms with Crippen molar-refractivity contribution in [2.45, 2.75) is 77.5 Å². The van der Waals surface area contributed by atoms with Gasteiger partial charge in [-0.3, -0.25) is 19.6 Å². The van der Waals surface area contributed by atoms with E-state index >= 15 is 0 Å². The van der Waals surface area contributed by atoms with Gasteiger partial charge in [-0.2, -0.15) is 0 Å². The van der Waals surface area contributed by atoms with E-state index in [9.17, 15) is 9.59 Å². The first-order valence-electron chi connectivity index (χ1n) is 21.2. The van der Waals surface area contributed by atoms with Gasteiger partial charge in [-0.1, -0.05) is 58.0 Å². The van der Waals surface area contributed by atoms with Gasteiger partial charge in [0.25, 0.3) is 0 Å². The van der Waals surface area contributed by atoms with Gasteiger partial charge < -0.3 is 30.4 Å². The number of aromatic amines is 2. The number of benzene rings is 3. The van der Waals surface area contributed by atoms with Crippen LogP contribution in [0.15, 0.2) is 110 Å². The van der Waals surface area contributed by atoms with Gasteiger partial charge >= 0.3 is 0 Å². The van der Waals surface area contributed by atoms with Gasteiger partial charge in [0.05, 0.1) is 35.0 Å². The Morgan fingerprint density at radius 1 is 0.633 bits per heavy atom. The van der Waals surface area contributed by atoms with Crippen molar-refractivity contribution in [2.24, 2.45) is 11.8 Å². The second-order valence-corrected chi connectivity index (χ2v) is 16.9. The van der Waals surface area contributed by atoms with Crippen molar-refractivity contribution in [2.75, 3.05) is 23.7 Å². The van der Waals surface area contributed by atoms with Crippen LogP contribution in [0.4, 0.5) is 11.4 Å². The molecule has 0 aliphatic carbocycles. The third-order valence-electron chi connectivity index (χ3n) is 12.2. The lowest BCUT2D eigenvalue weighted by Gasteiger charge is -2.30. The summed E-state index contributed by atoms with van der Waals surface area (Å²) in [5.41, 5.74) is 7.79. The molecular formula is C48H52N10O2. The lowest BCUT2D eigenvalue weighted by molar-refractivity contribution is -0.134. The van der Waals surface area contributed by atoms with E-state index in [2.05, 4.69) is 113 Å². The minimum atomic E-state index is -0.352. The Morgan fingerprint density at radius 3 is 1.73 bits per heavy atom. The second kappa shape index (κ2) is 16.6. The van der Waals surface area contributed by atoms with Gasteiger partial charge in [0, 0.05) is 54.8 Å². The summed E-state index contributed by atoms with van der Waals surface area (Å²) in [6.07, 6.45) is 12.4. The Labute approximate surface area is 350 Å². The van der Waals surface area contributed by atoms with E-state index in [-0.39, 0.29) is 47.8 Å². The number of nitrogens with zero attached hydrogens (tertiary/aromatic N) is 6. The first kappa shape index (κ1) is 38.9. The number of pyridine rings is 2. The molecule has 4 aromatic heterocycles. The lowest BCUT2D eigenvalue weighted by atomic mass is 9.99. The van der Waals surface area contributed by atoms with Gasteiger partial charge in [0.15, 0.2) is 0 Å². The van der Waals surface area contributed by atoms with Crippen LogP contribution in [0.1, 0.15) is 77.1 Å². The number of nitrogens with one attached hydrogen (secondary N) is 4. The third-order valence-corrected chi connectivity index (χ3v) is 12.2. The molecule has 2 unspecified atom stereocenters. The number of anilines is 2. The van der Waals surface area contributed by atoms with Gasteiger partial charge in [0.1, 0.15) is 23.7 Å². The molecule has 0 spiro atoms. The number of carbonyl (C=O) groups is 2. The van der Waals surface area contributed by atoms with Gasteiger partial charge in [-0.15, -0.1) is 0 Å². The van der Waals surface area contributed by atoms with E-state index in [1.807, 2.05) is 40.3 Å². The summed E-state index contributed by atoms with van der Waals surface area (Å²) in [5, 5.41) is 9.15. The fourth-order valence-electron chi connectivity index (χ4n) is 8.88. The quantitative estimate of drug-likeness (QED) is 0.0957. The van der Waals surface area contributed by atoms with Crippen molar-refractivity contribution in [3.05, 3.63) is 121 Å². The highest BCUT2D eigenvalue weighted by molar-refractivity contribution is 5.92. The molecule has 2 amide bonds. The van der Waals surface area contributed by atoms with E-state index in [0.29, 0.717) is 13.1 Å². The SMILES string of the molecule is CC(C)C(Nc1ccncc1)C(=O)N1CCC[C@H]1c1ncc(-c2ccc3cc(-c4ccc5nc([C@@H]6CCCN6C(=O)C(Nc6ccncc6)C(C)C)[nH]c5c4)ccc3c2)[nH]1. The predicted molar refractivity (Wildman–Crippen MR) is 237 cm³/mol. The van der Waals surface area contributed by atoms with Crippen molar-refractivity contribution in [1.29, 1.82) is 0 Å². The minimum absolute atomic E-state index is 0.0916. The summed E-state index contributed by atoms with van der Waals surface area (Å²) >= 11 is 0. The number of hydrogen-bond acceptors (Lipinski definition) is 8. The maximum Gasteiger partial charge on any atom is 0.245 e. The highest BCUT2D eigenvalue weighted by Crippen LogP contribution is 2.36. The third kappa shape index (κ3) is 7.81. The van der Waals surface area contributed by atoms with Crippen LogP contribution < -0.4 is 10.6 Å². The summed E-state index contributed by atoms with van der Waals surface area (Å²) < 4.78 is 0. The minimum Gasteiger partial charge on any atom is -0.373 e. The highest BCUT2D eigenvalue weighted by Gasteiger charge is 2.38. The average molecular weight is 801 g/mol. The van der Waals surface area contributed by atoms with Crippen molar-refractivity contribution >= 4 is 45.0 Å². The molecule has 6 heterocycles. The molecule has 3 aromatic carbocycles. The molecule has 4 atom stereocenters. The van der Waals surface area contributed by atoms with Crippen LogP contribution in [-0.2, 0) is 9.59 Å². The fourth-order valence-corrected chi connectivity index (χ4v) is 8.88. The molecule has 0 bridgehead atoms. The molecule has 306 valence electrons. The van der Waals surface area contributed by atoms with E-state index < -0.39 is 0 Å². The normalized spacial score (nSPS) is 17.8. The average Bonchev–Trinajstić information content (AvgIpc) is 4.11. The van der Waals surface area contributed by atoms with Crippen molar-refractivity contribution in [3.8, 4) is 22.4 Å². The Morgan fingerprint density at radius 2 is 1.15 bits per heavy atom. The number of carbonyl (C=O) groups excluding carboxylic acids is 2. The molecular weight excluding hydrogens is 749 g/mol. The molecule has 2 aliphatic heterocycles. The highest BCUT2D eigenvalue weighted by atomic mass is 16.2. The molecule has 7 aromatic rings. The van der Waals surface area contributed by atoms with Gasteiger partial charge in [0.2, 0.25) is 11.8 Å². The van der Waals surface area contributed by atoms with Crippen LogP contribution in [-0.4, -0.2) is 76.7 Å². The number of hydrogen-bond donors (Lipinski definition) is 4. The number of likely N-dealkylation sites (tertiary alicyclic amines) is 2. The zero-order valence-electron chi connectivity index (χ0n) is 34.6. The van der Waals surface area contributed by atoms with Crippen molar-refractivity contribution in [1.82, 2.24) is 39.7 Å². The molecule has 0 radical (unpaired) electrons. The summed E-state index contributed by atoms with van der Waals surface area (Å²) in [4.78, 5) is 57.1. The smallest absolute Gasteiger partial charge is 0.245 e. The van der Waals surface area contributed by atoms with E-state index in [4.69, 9.17) is 9.97 Å². The number of H-pyrrole nitrogens is 2. The van der Waals surface area contributed by atoms with Crippen molar-refractivity contribution < 1.29 is 9.59 Å².